The third-order valence-corrected chi connectivity index (χ3v) is 8.91. The average Bonchev–Trinajstić information content (AvgIpc) is 3.28. The van der Waals surface area contributed by atoms with E-state index < -0.39 is 21.1 Å². The van der Waals surface area contributed by atoms with Crippen LogP contribution in [0.25, 0.3) is 11.2 Å². The molecule has 38 heavy (non-hydrogen) atoms. The number of phenols is 1. The van der Waals surface area contributed by atoms with Crippen molar-refractivity contribution in [3.05, 3.63) is 65.4 Å². The minimum Gasteiger partial charge on any atom is -0.508 e. The van der Waals surface area contributed by atoms with Crippen molar-refractivity contribution in [1.82, 2.24) is 19.5 Å². The summed E-state index contributed by atoms with van der Waals surface area (Å²) in [7, 11) is -6.54. The molecule has 2 aromatic carbocycles. The fourth-order valence-corrected chi connectivity index (χ4v) is 5.07. The van der Waals surface area contributed by atoms with E-state index in [1.807, 2.05) is 22.8 Å². The lowest BCUT2D eigenvalue weighted by Crippen LogP contribution is -2.22. The molecule has 15 heteroatoms. The van der Waals surface area contributed by atoms with Crippen LogP contribution in [-0.4, -0.2) is 51.1 Å². The van der Waals surface area contributed by atoms with Gasteiger partial charge in [0.2, 0.25) is 5.95 Å². The van der Waals surface area contributed by atoms with Crippen LogP contribution >= 0.6 is 27.7 Å². The summed E-state index contributed by atoms with van der Waals surface area (Å²) in [4.78, 5) is 32.2. The van der Waals surface area contributed by atoms with Gasteiger partial charge in [-0.25, -0.2) is 4.98 Å². The zero-order valence-electron chi connectivity index (χ0n) is 20.0. The number of aromatic hydroxyl groups is 1. The van der Waals surface area contributed by atoms with Gasteiger partial charge in [0.1, 0.15) is 5.75 Å². The van der Waals surface area contributed by atoms with Crippen molar-refractivity contribution in [1.29, 1.82) is 0 Å². The Morgan fingerprint density at radius 3 is 2.58 bits per heavy atom. The van der Waals surface area contributed by atoms with Crippen LogP contribution in [-0.2, 0) is 22.1 Å². The molecule has 6 N–H and O–H groups in total. The molecule has 0 saturated heterocycles. The van der Waals surface area contributed by atoms with E-state index in [-0.39, 0.29) is 31.1 Å². The van der Waals surface area contributed by atoms with E-state index in [9.17, 15) is 29.1 Å². The minimum atomic E-state index is -4.97. The smallest absolute Gasteiger partial charge is 0.407 e. The second kappa shape index (κ2) is 11.7. The van der Waals surface area contributed by atoms with Crippen LogP contribution in [0.15, 0.2) is 54.9 Å². The molecule has 2 heterocycles. The van der Waals surface area contributed by atoms with E-state index in [0.717, 1.165) is 5.56 Å². The van der Waals surface area contributed by atoms with Crippen LogP contribution in [0.5, 0.6) is 5.75 Å². The predicted octanol–water partition coefficient (Wildman–Crippen LogP) is 4.21. The number of aromatic nitrogens is 4. The van der Waals surface area contributed by atoms with Gasteiger partial charge in [-0.3, -0.25) is 4.57 Å². The quantitative estimate of drug-likeness (QED) is 0.104. The number of hydrogen-bond donors (Lipinski definition) is 6. The molecule has 0 radical (unpaired) electrons. The molecule has 0 saturated carbocycles. The first-order valence-corrected chi connectivity index (χ1v) is 14.4. The van der Waals surface area contributed by atoms with Gasteiger partial charge in [0.05, 0.1) is 6.33 Å². The number of imidazole rings is 1. The van der Waals surface area contributed by atoms with Crippen molar-refractivity contribution in [3.8, 4) is 5.75 Å². The van der Waals surface area contributed by atoms with Crippen molar-refractivity contribution >= 4 is 56.3 Å². The van der Waals surface area contributed by atoms with Crippen molar-refractivity contribution in [2.75, 3.05) is 17.2 Å². The normalized spacial score (nSPS) is 13.5. The molecular formula is C23H26ClN6O6P2+. The van der Waals surface area contributed by atoms with Gasteiger partial charge in [-0.05, 0) is 48.7 Å². The topological polar surface area (TPSA) is 183 Å². The summed E-state index contributed by atoms with van der Waals surface area (Å²) >= 11 is 6.12. The lowest BCUT2D eigenvalue weighted by atomic mass is 10.1. The number of nitrogens with zero attached hydrogens (tertiary/aromatic N) is 4. The number of benzene rings is 2. The van der Waals surface area contributed by atoms with E-state index >= 15 is 0 Å². The number of hydrogen-bond acceptors (Lipinski definition) is 9. The van der Waals surface area contributed by atoms with Gasteiger partial charge < -0.3 is 35.2 Å². The van der Waals surface area contributed by atoms with Gasteiger partial charge in [-0.1, -0.05) is 34.4 Å². The number of aryl methyl sites for hydroxylation is 2. The molecule has 2 unspecified atom stereocenters. The Balaban J connectivity index is 1.57. The molecule has 4 aromatic rings. The molecule has 0 aliphatic carbocycles. The first-order chi connectivity index (χ1) is 18.1. The summed E-state index contributed by atoms with van der Waals surface area (Å²) in [5.74, 6) is 0.825. The van der Waals surface area contributed by atoms with E-state index in [4.69, 9.17) is 11.6 Å². The van der Waals surface area contributed by atoms with E-state index in [2.05, 4.69) is 25.6 Å². The number of halogens is 1. The molecular weight excluding hydrogens is 554 g/mol. The summed E-state index contributed by atoms with van der Waals surface area (Å²) < 4.78 is 24.6. The summed E-state index contributed by atoms with van der Waals surface area (Å²) in [6, 6.07) is 14.0. The molecule has 2 atom stereocenters. The lowest BCUT2D eigenvalue weighted by Gasteiger charge is -2.16. The van der Waals surface area contributed by atoms with Gasteiger partial charge >= 0.3 is 21.1 Å². The van der Waals surface area contributed by atoms with E-state index in [1.165, 1.54) is 0 Å². The molecule has 2 aromatic heterocycles. The molecule has 0 amide bonds. The maximum absolute atomic E-state index is 11.5. The molecule has 0 aliphatic heterocycles. The number of nitrogens with one attached hydrogen (secondary N) is 2. The zero-order valence-corrected chi connectivity index (χ0v) is 22.6. The van der Waals surface area contributed by atoms with Gasteiger partial charge in [0, 0.05) is 30.2 Å². The summed E-state index contributed by atoms with van der Waals surface area (Å²) in [5.41, 5.74) is 2.76. The Labute approximate surface area is 224 Å². The Morgan fingerprint density at radius 2 is 1.89 bits per heavy atom. The van der Waals surface area contributed by atoms with Crippen LogP contribution in [0.3, 0.4) is 0 Å². The first kappa shape index (κ1) is 27.9. The number of aliphatic hydroxyl groups is 1. The highest BCUT2D eigenvalue weighted by atomic mass is 35.5. The monoisotopic (exact) mass is 579 g/mol. The number of fused-ring (bicyclic) bond motifs is 1. The van der Waals surface area contributed by atoms with Crippen LogP contribution in [0.1, 0.15) is 18.4 Å². The van der Waals surface area contributed by atoms with Crippen LogP contribution in [0, 0.1) is 0 Å². The zero-order chi connectivity index (χ0) is 27.3. The molecule has 0 fully saturated rings. The Morgan fingerprint density at radius 1 is 1.13 bits per heavy atom. The Bertz CT molecular complexity index is 1480. The Kier molecular flexibility index (Phi) is 8.62. The highest BCUT2D eigenvalue weighted by molar-refractivity contribution is 7.63. The molecule has 0 spiro atoms. The fraction of sp³-hybridized carbons (Fsp3) is 0.261. The SMILES string of the molecule is O=[PH+]C(O)(CCCNc1nc(Nc2cccc(Cl)c2)c2ncn(CCc3ccc(O)cc3)c2n1)P(=O)(O)O. The maximum Gasteiger partial charge on any atom is 0.407 e. The first-order valence-electron chi connectivity index (χ1n) is 11.5. The number of phenolic OH excluding ortho intramolecular Hbond substituents is 1. The second-order valence-corrected chi connectivity index (χ2v) is 12.3. The minimum absolute atomic E-state index is 0.0927. The molecule has 0 aliphatic rings. The predicted molar refractivity (Wildman–Crippen MR) is 146 cm³/mol. The van der Waals surface area contributed by atoms with Crippen molar-refractivity contribution < 1.29 is 29.1 Å². The van der Waals surface area contributed by atoms with Crippen LogP contribution in [0.4, 0.5) is 17.5 Å². The van der Waals surface area contributed by atoms with Crippen LogP contribution < -0.4 is 10.6 Å². The van der Waals surface area contributed by atoms with Gasteiger partial charge in [0.25, 0.3) is 0 Å². The molecule has 12 nitrogen and oxygen atoms in total. The van der Waals surface area contributed by atoms with Gasteiger partial charge in [0.15, 0.2) is 17.0 Å². The van der Waals surface area contributed by atoms with Gasteiger partial charge in [-0.2, -0.15) is 9.97 Å². The molecule has 200 valence electrons. The summed E-state index contributed by atoms with van der Waals surface area (Å²) in [6.07, 6.45) is 2.02. The van der Waals surface area contributed by atoms with E-state index in [0.29, 0.717) is 40.7 Å². The lowest BCUT2D eigenvalue weighted by molar-refractivity contribution is 0.157. The van der Waals surface area contributed by atoms with Gasteiger partial charge in [-0.15, -0.1) is 0 Å². The maximum atomic E-state index is 11.5. The Hall–Kier alpha value is -3.11. The standard InChI is InChI=1S/C23H25ClN6O6P2/c24-16-3-1-4-17(13-16)27-20-19-21(30(14-26-19)12-9-15-5-7-18(31)8-6-15)29-22(28-20)25-11-2-10-23(32,37-33)38(34,35)36/h1,3-8,13-14,31-32H,2,9-12H2,(H2,34,35,36)(H2,25,27,28,29)/p+1. The average molecular weight is 580 g/mol. The highest BCUT2D eigenvalue weighted by Crippen LogP contribution is 2.57. The number of rotatable bonds is 12. The highest BCUT2D eigenvalue weighted by Gasteiger charge is 2.53. The fourth-order valence-electron chi connectivity index (χ4n) is 3.68. The van der Waals surface area contributed by atoms with Crippen LogP contribution in [0.2, 0.25) is 5.02 Å². The van der Waals surface area contributed by atoms with Crippen molar-refractivity contribution in [2.24, 2.45) is 0 Å². The van der Waals surface area contributed by atoms with Crippen molar-refractivity contribution in [2.45, 2.75) is 30.9 Å². The third kappa shape index (κ3) is 6.66. The third-order valence-electron chi connectivity index (χ3n) is 5.76. The molecule has 4 rings (SSSR count). The summed E-state index contributed by atoms with van der Waals surface area (Å²) in [5, 5.41) is 23.7. The van der Waals surface area contributed by atoms with E-state index in [1.54, 1.807) is 36.7 Å². The summed E-state index contributed by atoms with van der Waals surface area (Å²) in [6.45, 7) is 0.699. The second-order valence-electron chi connectivity index (χ2n) is 8.55. The van der Waals surface area contributed by atoms with Crippen molar-refractivity contribution in [3.63, 3.8) is 0 Å². The number of anilines is 3. The largest absolute Gasteiger partial charge is 0.508 e. The molecule has 0 bridgehead atoms.